The molecule has 7 nitrogen and oxygen atoms in total. The van der Waals surface area contributed by atoms with Gasteiger partial charge in [0, 0.05) is 37.4 Å². The molecular weight excluding hydrogens is 529 g/mol. The number of nitrogens with zero attached hydrogens (tertiary/aromatic N) is 2. The predicted molar refractivity (Wildman–Crippen MR) is 145 cm³/mol. The summed E-state index contributed by atoms with van der Waals surface area (Å²) in [5.74, 6) is 1.69. The first-order valence-electron chi connectivity index (χ1n) is 11.3. The van der Waals surface area contributed by atoms with E-state index in [1.54, 1.807) is 7.11 Å². The molecule has 0 amide bonds. The molecular formula is C25H34IN5O2. The van der Waals surface area contributed by atoms with Gasteiger partial charge in [0.05, 0.1) is 32.9 Å². The van der Waals surface area contributed by atoms with E-state index in [2.05, 4.69) is 63.8 Å². The number of halogens is 1. The van der Waals surface area contributed by atoms with Gasteiger partial charge < -0.3 is 25.1 Å². The minimum atomic E-state index is 0. The van der Waals surface area contributed by atoms with Crippen LogP contribution in [-0.2, 0) is 11.3 Å². The highest BCUT2D eigenvalue weighted by Crippen LogP contribution is 2.23. The van der Waals surface area contributed by atoms with Gasteiger partial charge in [0.1, 0.15) is 5.75 Å². The maximum absolute atomic E-state index is 5.58. The molecule has 1 fully saturated rings. The smallest absolute Gasteiger partial charge is 0.191 e. The fraction of sp³-hybridized carbons (Fsp3) is 0.400. The van der Waals surface area contributed by atoms with Crippen molar-refractivity contribution in [3.63, 3.8) is 0 Å². The van der Waals surface area contributed by atoms with Crippen LogP contribution in [0.4, 0.5) is 0 Å². The van der Waals surface area contributed by atoms with Crippen LogP contribution in [0.5, 0.6) is 5.75 Å². The van der Waals surface area contributed by atoms with Crippen molar-refractivity contribution in [2.75, 3.05) is 46.5 Å². The molecule has 4 rings (SSSR count). The van der Waals surface area contributed by atoms with Gasteiger partial charge in [-0.2, -0.15) is 0 Å². The number of methoxy groups -OCH3 is 1. The second-order valence-corrected chi connectivity index (χ2v) is 7.90. The van der Waals surface area contributed by atoms with Crippen LogP contribution >= 0.6 is 24.0 Å². The summed E-state index contributed by atoms with van der Waals surface area (Å²) in [5, 5.41) is 8.15. The van der Waals surface area contributed by atoms with Crippen molar-refractivity contribution in [1.82, 2.24) is 20.5 Å². The van der Waals surface area contributed by atoms with Crippen molar-refractivity contribution in [1.29, 1.82) is 0 Å². The summed E-state index contributed by atoms with van der Waals surface area (Å²) in [6, 6.07) is 19.0. The van der Waals surface area contributed by atoms with Gasteiger partial charge in [-0.05, 0) is 42.1 Å². The first-order valence-corrected chi connectivity index (χ1v) is 11.3. The Kier molecular flexibility index (Phi) is 9.83. The standard InChI is InChI=1S/C25H33N5O2.HI/c1-3-26-25(27-17-21-16-20-6-4-5-7-23(20)29-21)28-18-24(30-12-14-32-15-13-30)19-8-10-22(31-2)11-9-19;/h4-11,16,24,29H,3,12-15,17-18H2,1-2H3,(H2,26,27,28);1H. The number of aromatic nitrogens is 1. The van der Waals surface area contributed by atoms with E-state index in [1.165, 1.54) is 10.9 Å². The third-order valence-corrected chi connectivity index (χ3v) is 5.79. The largest absolute Gasteiger partial charge is 0.497 e. The van der Waals surface area contributed by atoms with Gasteiger partial charge in [0.2, 0.25) is 0 Å². The molecule has 8 heteroatoms. The van der Waals surface area contributed by atoms with Crippen LogP contribution < -0.4 is 15.4 Å². The van der Waals surface area contributed by atoms with Gasteiger partial charge in [-0.1, -0.05) is 30.3 Å². The lowest BCUT2D eigenvalue weighted by molar-refractivity contribution is 0.0170. The third-order valence-electron chi connectivity index (χ3n) is 5.79. The van der Waals surface area contributed by atoms with Gasteiger partial charge >= 0.3 is 0 Å². The Balaban J connectivity index is 0.00000306. The molecule has 0 radical (unpaired) electrons. The number of morpholine rings is 1. The molecule has 3 N–H and O–H groups in total. The normalized spacial score (nSPS) is 15.6. The lowest BCUT2D eigenvalue weighted by atomic mass is 10.0. The van der Waals surface area contributed by atoms with E-state index in [9.17, 15) is 0 Å². The summed E-state index contributed by atoms with van der Waals surface area (Å²) in [6.07, 6.45) is 0. The molecule has 0 bridgehead atoms. The SMILES string of the molecule is CCNC(=NCc1cc2ccccc2[nH]1)NCC(c1ccc(OC)cc1)N1CCOCC1.I. The fourth-order valence-corrected chi connectivity index (χ4v) is 4.09. The van der Waals surface area contributed by atoms with Crippen molar-refractivity contribution < 1.29 is 9.47 Å². The van der Waals surface area contributed by atoms with Gasteiger partial charge in [-0.25, -0.2) is 4.99 Å². The summed E-state index contributed by atoms with van der Waals surface area (Å²) in [7, 11) is 1.70. The number of benzene rings is 2. The van der Waals surface area contributed by atoms with Crippen molar-refractivity contribution >= 4 is 40.8 Å². The lowest BCUT2D eigenvalue weighted by Gasteiger charge is -2.35. The summed E-state index contributed by atoms with van der Waals surface area (Å²) < 4.78 is 10.9. The van der Waals surface area contributed by atoms with Crippen LogP contribution in [0, 0.1) is 0 Å². The molecule has 0 saturated carbocycles. The van der Waals surface area contributed by atoms with E-state index in [-0.39, 0.29) is 30.0 Å². The topological polar surface area (TPSA) is 73.9 Å². The third kappa shape index (κ3) is 6.84. The van der Waals surface area contributed by atoms with E-state index in [0.717, 1.165) is 62.3 Å². The van der Waals surface area contributed by atoms with Crippen LogP contribution in [-0.4, -0.2) is 62.3 Å². The average Bonchev–Trinajstić information content (AvgIpc) is 3.27. The molecule has 2 heterocycles. The number of para-hydroxylation sites is 1. The van der Waals surface area contributed by atoms with E-state index < -0.39 is 0 Å². The van der Waals surface area contributed by atoms with Gasteiger partial charge in [-0.3, -0.25) is 4.90 Å². The summed E-state index contributed by atoms with van der Waals surface area (Å²) in [4.78, 5) is 10.7. The lowest BCUT2D eigenvalue weighted by Crippen LogP contribution is -2.46. The monoisotopic (exact) mass is 563 g/mol. The summed E-state index contributed by atoms with van der Waals surface area (Å²) >= 11 is 0. The van der Waals surface area contributed by atoms with Crippen LogP contribution in [0.25, 0.3) is 10.9 Å². The highest BCUT2D eigenvalue weighted by molar-refractivity contribution is 14.0. The van der Waals surface area contributed by atoms with Crippen molar-refractivity contribution in [2.45, 2.75) is 19.5 Å². The number of aliphatic imine (C=N–C) groups is 1. The molecule has 1 unspecified atom stereocenters. The van der Waals surface area contributed by atoms with E-state index in [0.29, 0.717) is 6.54 Å². The van der Waals surface area contributed by atoms with Gasteiger partial charge in [0.25, 0.3) is 0 Å². The number of guanidine groups is 1. The number of fused-ring (bicyclic) bond motifs is 1. The Bertz CT molecular complexity index is 982. The number of hydrogen-bond donors (Lipinski definition) is 3. The van der Waals surface area contributed by atoms with E-state index >= 15 is 0 Å². The first-order chi connectivity index (χ1) is 15.8. The average molecular weight is 563 g/mol. The fourth-order valence-electron chi connectivity index (χ4n) is 4.09. The van der Waals surface area contributed by atoms with Crippen molar-refractivity contribution in [3.05, 3.63) is 65.9 Å². The van der Waals surface area contributed by atoms with E-state index in [1.807, 2.05) is 18.2 Å². The molecule has 1 aromatic heterocycles. The highest BCUT2D eigenvalue weighted by atomic mass is 127. The molecule has 0 spiro atoms. The van der Waals surface area contributed by atoms with Crippen LogP contribution in [0.15, 0.2) is 59.6 Å². The van der Waals surface area contributed by atoms with Gasteiger partial charge in [0.15, 0.2) is 5.96 Å². The van der Waals surface area contributed by atoms with Crippen LogP contribution in [0.2, 0.25) is 0 Å². The number of aromatic amines is 1. The Morgan fingerprint density at radius 3 is 2.58 bits per heavy atom. The molecule has 0 aliphatic carbocycles. The highest BCUT2D eigenvalue weighted by Gasteiger charge is 2.23. The quantitative estimate of drug-likeness (QED) is 0.220. The molecule has 2 aromatic carbocycles. The Morgan fingerprint density at radius 1 is 1.12 bits per heavy atom. The zero-order valence-electron chi connectivity index (χ0n) is 19.3. The molecule has 1 aliphatic heterocycles. The molecule has 1 atom stereocenters. The number of H-pyrrole nitrogens is 1. The van der Waals surface area contributed by atoms with Crippen molar-refractivity contribution in [2.24, 2.45) is 4.99 Å². The van der Waals surface area contributed by atoms with Crippen LogP contribution in [0.3, 0.4) is 0 Å². The predicted octanol–water partition coefficient (Wildman–Crippen LogP) is 3.92. The first kappa shape index (κ1) is 25.3. The molecule has 1 saturated heterocycles. The number of rotatable bonds is 8. The van der Waals surface area contributed by atoms with E-state index in [4.69, 9.17) is 14.5 Å². The molecule has 178 valence electrons. The number of hydrogen-bond acceptors (Lipinski definition) is 4. The Morgan fingerprint density at radius 2 is 1.88 bits per heavy atom. The zero-order chi connectivity index (χ0) is 22.2. The molecule has 33 heavy (non-hydrogen) atoms. The number of ether oxygens (including phenoxy) is 2. The maximum Gasteiger partial charge on any atom is 0.191 e. The van der Waals surface area contributed by atoms with Crippen LogP contribution in [0.1, 0.15) is 24.2 Å². The summed E-state index contributed by atoms with van der Waals surface area (Å²) in [5.41, 5.74) is 3.50. The van der Waals surface area contributed by atoms with Crippen molar-refractivity contribution in [3.8, 4) is 5.75 Å². The minimum Gasteiger partial charge on any atom is -0.497 e. The van der Waals surface area contributed by atoms with Gasteiger partial charge in [-0.15, -0.1) is 24.0 Å². The second kappa shape index (κ2) is 12.8. The summed E-state index contributed by atoms with van der Waals surface area (Å²) in [6.45, 7) is 7.61. The zero-order valence-corrected chi connectivity index (χ0v) is 21.7. The Labute approximate surface area is 213 Å². The minimum absolute atomic E-state index is 0. The Hall–Kier alpha value is -2.30. The number of nitrogens with one attached hydrogen (secondary N) is 3. The second-order valence-electron chi connectivity index (χ2n) is 7.90. The molecule has 1 aliphatic rings. The molecule has 3 aromatic rings. The maximum atomic E-state index is 5.58.